The number of hydrogen-bond donors (Lipinski definition) is 3. The zero-order chi connectivity index (χ0) is 14.9. The SMILES string of the molecule is O=C(CNC(=O)NC1CCCCCC1)NCc1ccco1. The smallest absolute Gasteiger partial charge is 0.315 e. The molecule has 6 heteroatoms. The van der Waals surface area contributed by atoms with E-state index in [9.17, 15) is 9.59 Å². The third-order valence-electron chi connectivity index (χ3n) is 3.64. The second-order valence-electron chi connectivity index (χ2n) is 5.37. The summed E-state index contributed by atoms with van der Waals surface area (Å²) in [5.74, 6) is 0.452. The summed E-state index contributed by atoms with van der Waals surface area (Å²) < 4.78 is 5.11. The molecular weight excluding hydrogens is 270 g/mol. The lowest BCUT2D eigenvalue weighted by molar-refractivity contribution is -0.120. The molecule has 6 nitrogen and oxygen atoms in total. The van der Waals surface area contributed by atoms with Gasteiger partial charge in [-0.2, -0.15) is 0 Å². The van der Waals surface area contributed by atoms with Gasteiger partial charge in [0, 0.05) is 6.04 Å². The lowest BCUT2D eigenvalue weighted by Crippen LogP contribution is -2.45. The number of amides is 3. The zero-order valence-electron chi connectivity index (χ0n) is 12.2. The minimum absolute atomic E-state index is 0.0285. The van der Waals surface area contributed by atoms with Crippen molar-refractivity contribution >= 4 is 11.9 Å². The van der Waals surface area contributed by atoms with Crippen molar-refractivity contribution in [3.8, 4) is 0 Å². The fourth-order valence-corrected chi connectivity index (χ4v) is 2.48. The summed E-state index contributed by atoms with van der Waals surface area (Å²) in [6, 6.07) is 3.51. The highest BCUT2D eigenvalue weighted by atomic mass is 16.3. The maximum absolute atomic E-state index is 11.7. The van der Waals surface area contributed by atoms with Crippen molar-refractivity contribution < 1.29 is 14.0 Å². The summed E-state index contributed by atoms with van der Waals surface area (Å²) in [4.78, 5) is 23.3. The van der Waals surface area contributed by atoms with Crippen LogP contribution in [0.5, 0.6) is 0 Å². The predicted octanol–water partition coefficient (Wildman–Crippen LogP) is 1.92. The molecule has 0 unspecified atom stereocenters. The van der Waals surface area contributed by atoms with Gasteiger partial charge < -0.3 is 20.4 Å². The first kappa shape index (κ1) is 15.4. The van der Waals surface area contributed by atoms with E-state index >= 15 is 0 Å². The molecule has 1 aliphatic carbocycles. The summed E-state index contributed by atoms with van der Waals surface area (Å²) in [6.07, 6.45) is 8.42. The highest BCUT2D eigenvalue weighted by Gasteiger charge is 2.14. The van der Waals surface area contributed by atoms with E-state index < -0.39 is 0 Å². The largest absolute Gasteiger partial charge is 0.467 e. The monoisotopic (exact) mass is 293 g/mol. The van der Waals surface area contributed by atoms with Gasteiger partial charge in [0.05, 0.1) is 19.4 Å². The van der Waals surface area contributed by atoms with Gasteiger partial charge in [-0.25, -0.2) is 4.79 Å². The molecule has 0 spiro atoms. The molecule has 0 bridgehead atoms. The standard InChI is InChI=1S/C15H23N3O3/c19-14(16-10-13-8-5-9-21-13)11-17-15(20)18-12-6-3-1-2-4-7-12/h5,8-9,12H,1-4,6-7,10-11H2,(H,16,19)(H2,17,18,20). The van der Waals surface area contributed by atoms with Gasteiger partial charge in [-0.15, -0.1) is 0 Å². The van der Waals surface area contributed by atoms with E-state index in [0.717, 1.165) is 25.7 Å². The number of urea groups is 1. The third-order valence-corrected chi connectivity index (χ3v) is 3.64. The van der Waals surface area contributed by atoms with Crippen LogP contribution in [-0.4, -0.2) is 24.5 Å². The topological polar surface area (TPSA) is 83.4 Å². The summed E-state index contributed by atoms with van der Waals surface area (Å²) in [5, 5.41) is 8.20. The Morgan fingerprint density at radius 1 is 1.14 bits per heavy atom. The van der Waals surface area contributed by atoms with E-state index in [2.05, 4.69) is 16.0 Å². The molecule has 1 aliphatic rings. The summed E-state index contributed by atoms with van der Waals surface area (Å²) in [5.41, 5.74) is 0. The minimum atomic E-state index is -0.268. The van der Waals surface area contributed by atoms with E-state index in [4.69, 9.17) is 4.42 Å². The highest BCUT2D eigenvalue weighted by molar-refractivity contribution is 5.83. The van der Waals surface area contributed by atoms with Gasteiger partial charge in [0.2, 0.25) is 5.91 Å². The van der Waals surface area contributed by atoms with Gasteiger partial charge in [0.25, 0.3) is 0 Å². The van der Waals surface area contributed by atoms with Gasteiger partial charge in [-0.3, -0.25) is 4.79 Å². The van der Waals surface area contributed by atoms with Crippen LogP contribution in [0.3, 0.4) is 0 Å². The Bertz CT molecular complexity index is 437. The van der Waals surface area contributed by atoms with Crippen LogP contribution in [0.15, 0.2) is 22.8 Å². The van der Waals surface area contributed by atoms with Crippen molar-refractivity contribution in [1.82, 2.24) is 16.0 Å². The van der Waals surface area contributed by atoms with Crippen molar-refractivity contribution in [2.45, 2.75) is 51.1 Å². The average Bonchev–Trinajstić information content (AvgIpc) is 2.87. The number of rotatable bonds is 5. The molecule has 1 aromatic rings. The molecule has 1 saturated carbocycles. The Balaban J connectivity index is 1.60. The average molecular weight is 293 g/mol. The van der Waals surface area contributed by atoms with Crippen LogP contribution in [0.25, 0.3) is 0 Å². The maximum Gasteiger partial charge on any atom is 0.315 e. The molecule has 2 rings (SSSR count). The molecule has 0 atom stereocenters. The van der Waals surface area contributed by atoms with Crippen LogP contribution in [0, 0.1) is 0 Å². The summed E-state index contributed by atoms with van der Waals surface area (Å²) in [6.45, 7) is 0.303. The first-order valence-electron chi connectivity index (χ1n) is 7.57. The van der Waals surface area contributed by atoms with Gasteiger partial charge in [0.1, 0.15) is 5.76 Å². The molecule has 0 saturated heterocycles. The quantitative estimate of drug-likeness (QED) is 0.725. The molecule has 1 aromatic heterocycles. The van der Waals surface area contributed by atoms with E-state index in [0.29, 0.717) is 12.3 Å². The van der Waals surface area contributed by atoms with Gasteiger partial charge in [-0.1, -0.05) is 25.7 Å². The lowest BCUT2D eigenvalue weighted by Gasteiger charge is -2.16. The van der Waals surface area contributed by atoms with Crippen molar-refractivity contribution in [3.05, 3.63) is 24.2 Å². The number of nitrogens with one attached hydrogen (secondary N) is 3. The first-order chi connectivity index (χ1) is 10.2. The Labute approximate surface area is 124 Å². The van der Waals surface area contributed by atoms with Crippen molar-refractivity contribution in [2.75, 3.05) is 6.54 Å². The summed E-state index contributed by atoms with van der Waals surface area (Å²) >= 11 is 0. The van der Waals surface area contributed by atoms with E-state index in [1.165, 1.54) is 12.8 Å². The number of carbonyl (C=O) groups is 2. The van der Waals surface area contributed by atoms with Crippen molar-refractivity contribution in [3.63, 3.8) is 0 Å². The van der Waals surface area contributed by atoms with Gasteiger partial charge in [-0.05, 0) is 25.0 Å². The molecule has 0 aliphatic heterocycles. The Morgan fingerprint density at radius 2 is 1.90 bits per heavy atom. The molecule has 1 fully saturated rings. The Morgan fingerprint density at radius 3 is 2.57 bits per heavy atom. The maximum atomic E-state index is 11.7. The van der Waals surface area contributed by atoms with Gasteiger partial charge >= 0.3 is 6.03 Å². The molecule has 3 amide bonds. The molecule has 1 heterocycles. The fraction of sp³-hybridized carbons (Fsp3) is 0.600. The number of hydrogen-bond acceptors (Lipinski definition) is 3. The summed E-state index contributed by atoms with van der Waals surface area (Å²) in [7, 11) is 0. The van der Waals surface area contributed by atoms with Gasteiger partial charge in [0.15, 0.2) is 0 Å². The van der Waals surface area contributed by atoms with Crippen molar-refractivity contribution in [1.29, 1.82) is 0 Å². The predicted molar refractivity (Wildman–Crippen MR) is 78.6 cm³/mol. The van der Waals surface area contributed by atoms with Crippen molar-refractivity contribution in [2.24, 2.45) is 0 Å². The van der Waals surface area contributed by atoms with Crippen LogP contribution in [0.1, 0.15) is 44.3 Å². The van der Waals surface area contributed by atoms with E-state index in [1.54, 1.807) is 18.4 Å². The third kappa shape index (κ3) is 5.89. The normalized spacial score (nSPS) is 16.0. The second-order valence-corrected chi connectivity index (χ2v) is 5.37. The molecule has 116 valence electrons. The van der Waals surface area contributed by atoms with Crippen LogP contribution < -0.4 is 16.0 Å². The molecular formula is C15H23N3O3. The van der Waals surface area contributed by atoms with E-state index in [-0.39, 0.29) is 24.5 Å². The molecule has 3 N–H and O–H groups in total. The van der Waals surface area contributed by atoms with E-state index in [1.807, 2.05) is 0 Å². The Kier molecular flexibility index (Phi) is 6.12. The molecule has 21 heavy (non-hydrogen) atoms. The van der Waals surface area contributed by atoms with Crippen LogP contribution >= 0.6 is 0 Å². The first-order valence-corrected chi connectivity index (χ1v) is 7.57. The van der Waals surface area contributed by atoms with Crippen LogP contribution in [0.2, 0.25) is 0 Å². The Hall–Kier alpha value is -1.98. The molecule has 0 aromatic carbocycles. The second kappa shape index (κ2) is 8.34. The minimum Gasteiger partial charge on any atom is -0.467 e. The number of carbonyl (C=O) groups excluding carboxylic acids is 2. The highest BCUT2D eigenvalue weighted by Crippen LogP contribution is 2.16. The molecule has 0 radical (unpaired) electrons. The zero-order valence-corrected chi connectivity index (χ0v) is 12.2. The lowest BCUT2D eigenvalue weighted by atomic mass is 10.1. The fourth-order valence-electron chi connectivity index (χ4n) is 2.48. The van der Waals surface area contributed by atoms with Crippen LogP contribution in [0.4, 0.5) is 4.79 Å². The van der Waals surface area contributed by atoms with Crippen LogP contribution in [-0.2, 0) is 11.3 Å². The number of furan rings is 1.